The summed E-state index contributed by atoms with van der Waals surface area (Å²) in [6.45, 7) is 3.94. The summed E-state index contributed by atoms with van der Waals surface area (Å²) in [5.41, 5.74) is 10.1. The van der Waals surface area contributed by atoms with Gasteiger partial charge >= 0.3 is 17.1 Å². The Morgan fingerprint density at radius 1 is 0.490 bits per heavy atom. The van der Waals surface area contributed by atoms with Crippen LogP contribution in [0.4, 0.5) is 11.6 Å². The Morgan fingerprint density at radius 2 is 0.694 bits per heavy atom. The van der Waals surface area contributed by atoms with Gasteiger partial charge in [-0.05, 0) is 26.0 Å². The van der Waals surface area contributed by atoms with Crippen molar-refractivity contribution in [2.24, 2.45) is 0 Å². The fraction of sp³-hybridized carbons (Fsp3) is 0.0833. The third-order valence-corrected chi connectivity index (χ3v) is 4.10. The van der Waals surface area contributed by atoms with Gasteiger partial charge in [0.25, 0.3) is 11.6 Å². The zero-order valence-corrected chi connectivity index (χ0v) is 26.2. The molecule has 0 fully saturated rings. The van der Waals surface area contributed by atoms with E-state index in [4.69, 9.17) is 11.5 Å². The quantitative estimate of drug-likeness (QED) is 0.183. The summed E-state index contributed by atoms with van der Waals surface area (Å²) in [6.07, 6.45) is 4.21. The van der Waals surface area contributed by atoms with E-state index in [1.165, 1.54) is 0 Å². The largest absolute Gasteiger partial charge is 2.00 e. The monoisotopic (exact) mass is 757 g/mol. The third kappa shape index (κ3) is 25.0. The Bertz CT molecular complexity index is 1290. The number of aromatic carboxylic acids is 4. The molecular weight excluding hydrogens is 720 g/mol. The first kappa shape index (κ1) is 65.7. The number of rotatable bonds is 4. The topological polar surface area (TPSA) is 544 Å². The third-order valence-electron chi connectivity index (χ3n) is 4.10. The van der Waals surface area contributed by atoms with Gasteiger partial charge in [-0.3, -0.25) is 31.4 Å². The molecule has 0 bridgehead atoms. The van der Waals surface area contributed by atoms with Crippen molar-refractivity contribution < 1.29 is 110 Å². The predicted molar refractivity (Wildman–Crippen MR) is 155 cm³/mol. The van der Waals surface area contributed by atoms with Crippen LogP contribution in [0.15, 0.2) is 61.2 Å². The van der Waals surface area contributed by atoms with E-state index in [0.29, 0.717) is 11.6 Å². The number of carboxylic acid groups (broad SMARTS) is 4. The maximum atomic E-state index is 10.2. The molecule has 0 aliphatic carbocycles. The summed E-state index contributed by atoms with van der Waals surface area (Å²) in [6, 6.07) is 11.4. The van der Waals surface area contributed by atoms with E-state index in [1.54, 1.807) is 0 Å². The van der Waals surface area contributed by atoms with Gasteiger partial charge < -0.3 is 83.4 Å². The number of anilines is 2. The maximum Gasteiger partial charge on any atom is 2.00 e. The molecule has 24 nitrogen and oxygen atoms in total. The number of pyridine rings is 2. The van der Waals surface area contributed by atoms with Gasteiger partial charge in [0.15, 0.2) is 0 Å². The van der Waals surface area contributed by atoms with Crippen LogP contribution in [-0.4, -0.2) is 87.6 Å². The number of carbonyl (C=O) groups excluding carboxylic acids is 4. The van der Waals surface area contributed by atoms with E-state index in [1.807, 2.05) is 50.2 Å². The van der Waals surface area contributed by atoms with Gasteiger partial charge in [0.05, 0.1) is 35.3 Å². The number of nitrogens with zero attached hydrogens (tertiary/aromatic N) is 4. The van der Waals surface area contributed by atoms with Gasteiger partial charge in [-0.1, -0.05) is 12.1 Å². The number of nitrogens with one attached hydrogen (secondary N) is 2. The van der Waals surface area contributed by atoms with E-state index >= 15 is 0 Å². The molecule has 22 N–H and O–H groups in total. The number of hydrogen-bond donors (Lipinski definition) is 2. The Kier molecular flexibility index (Phi) is 44.9. The number of carbonyl (C=O) groups is 4. The molecule has 0 spiro atoms. The molecule has 4 aromatic heterocycles. The molecule has 0 aliphatic heterocycles. The van der Waals surface area contributed by atoms with Gasteiger partial charge in [0.2, 0.25) is 0 Å². The Hall–Kier alpha value is -5.86. The van der Waals surface area contributed by atoms with Crippen LogP contribution in [0.3, 0.4) is 0 Å². The normalized spacial score (nSPS) is 7.55. The second-order valence-corrected chi connectivity index (χ2v) is 7.24. The van der Waals surface area contributed by atoms with Crippen LogP contribution in [0.2, 0.25) is 0 Å². The average molecular weight is 758 g/mol. The van der Waals surface area contributed by atoms with Crippen molar-refractivity contribution >= 4 is 35.5 Å². The summed E-state index contributed by atoms with van der Waals surface area (Å²) in [7, 11) is 0. The molecule has 4 aromatic rings. The van der Waals surface area contributed by atoms with Crippen LogP contribution in [0.25, 0.3) is 0 Å². The smallest absolute Gasteiger partial charge is 0.543 e. The molecule has 0 aliphatic rings. The molecule has 0 aromatic carbocycles. The summed E-state index contributed by atoms with van der Waals surface area (Å²) >= 11 is 0. The first-order valence-corrected chi connectivity index (χ1v) is 10.8. The molecule has 4 rings (SSSR count). The predicted octanol–water partition coefficient (Wildman–Crippen LogP) is -11.4. The van der Waals surface area contributed by atoms with E-state index in [9.17, 15) is 39.6 Å². The molecule has 0 amide bonds. The Labute approximate surface area is 286 Å². The molecule has 0 unspecified atom stereocenters. The van der Waals surface area contributed by atoms with Crippen molar-refractivity contribution in [2.75, 3.05) is 11.5 Å². The first-order chi connectivity index (χ1) is 18.8. The van der Waals surface area contributed by atoms with Crippen molar-refractivity contribution in [3.05, 3.63) is 95.3 Å². The molecular formula is C24H38CuN8O16. The van der Waals surface area contributed by atoms with E-state index < -0.39 is 46.7 Å². The minimum absolute atomic E-state index is 0. The van der Waals surface area contributed by atoms with Crippen LogP contribution >= 0.6 is 0 Å². The molecule has 49 heavy (non-hydrogen) atoms. The van der Waals surface area contributed by atoms with Gasteiger partial charge in [-0.2, -0.15) is 0 Å². The molecule has 1 radical (unpaired) electrons. The summed E-state index contributed by atoms with van der Waals surface area (Å²) < 4.78 is 0. The summed E-state index contributed by atoms with van der Waals surface area (Å²) in [4.78, 5) is 59.8. The number of carboxylic acids is 4. The van der Waals surface area contributed by atoms with E-state index in [-0.39, 0.29) is 60.9 Å². The Balaban J connectivity index is -0.0000000594. The number of hydrogen-bond acceptors (Lipinski definition) is 14. The second kappa shape index (κ2) is 33.5. The Morgan fingerprint density at radius 3 is 0.816 bits per heavy atom. The van der Waals surface area contributed by atoms with Crippen molar-refractivity contribution in [1.82, 2.24) is 19.9 Å². The number of aryl methyl sites for hydroxylation is 2. The average Bonchev–Trinajstić information content (AvgIpc) is 2.89. The number of nitrogens with two attached hydrogens (primary N) is 2. The SMILES string of the molecule is Cc1cccc(N)[nH+]1.Cc1cccc(N)[nH+]1.O.O.O.O.O.O.O.O.O=C([O-])c1nccnc1C(=O)[O-].O=C([O-])c1nccnc1C(=O)[O-].[Cu+2]. The number of nitrogen functional groups attached to an aromatic ring is 2. The van der Waals surface area contributed by atoms with Gasteiger partial charge in [-0.25, -0.2) is 9.97 Å². The zero-order chi connectivity index (χ0) is 30.2. The first-order valence-electron chi connectivity index (χ1n) is 10.8. The van der Waals surface area contributed by atoms with E-state index in [0.717, 1.165) is 36.2 Å². The summed E-state index contributed by atoms with van der Waals surface area (Å²) in [5.74, 6) is -5.34. The number of H-pyrrole nitrogens is 2. The fourth-order valence-electron chi connectivity index (χ4n) is 2.49. The van der Waals surface area contributed by atoms with Crippen LogP contribution in [0.5, 0.6) is 0 Å². The van der Waals surface area contributed by atoms with Crippen molar-refractivity contribution in [2.45, 2.75) is 13.8 Å². The molecule has 4 heterocycles. The zero-order valence-electron chi connectivity index (χ0n) is 25.3. The van der Waals surface area contributed by atoms with Gasteiger partial charge in [0.1, 0.15) is 22.8 Å². The number of aromatic amines is 2. The summed E-state index contributed by atoms with van der Waals surface area (Å²) in [5, 5.41) is 40.9. The van der Waals surface area contributed by atoms with Crippen LogP contribution in [0, 0.1) is 13.8 Å². The van der Waals surface area contributed by atoms with Gasteiger partial charge in [0, 0.05) is 36.9 Å². The van der Waals surface area contributed by atoms with E-state index in [2.05, 4.69) is 29.9 Å². The fourth-order valence-corrected chi connectivity index (χ4v) is 2.49. The van der Waals surface area contributed by atoms with Crippen molar-refractivity contribution in [3.63, 3.8) is 0 Å². The standard InChI is InChI=1S/2C6H4N2O4.2C6H8N2.Cu.8H2O/c2*9-5(10)3-4(6(11)12)8-2-1-7-3;2*1-5-3-2-4-6(7)8-5;;;;;;;;;/h2*1-2H,(H,9,10)(H,11,12);2*2-4H,1H3,(H2,7,8);;8*1H2/q;;;;+2;;;;;;;;/p-2. The molecule has 0 atom stereocenters. The number of aromatic nitrogens is 6. The molecule has 0 saturated heterocycles. The second-order valence-electron chi connectivity index (χ2n) is 7.24. The van der Waals surface area contributed by atoms with Gasteiger partial charge in [-0.15, -0.1) is 0 Å². The molecule has 281 valence electrons. The minimum Gasteiger partial charge on any atom is -0.543 e. The maximum absolute atomic E-state index is 10.2. The molecule has 25 heteroatoms. The van der Waals surface area contributed by atoms with Crippen LogP contribution in [-0.2, 0) is 17.1 Å². The van der Waals surface area contributed by atoms with Crippen LogP contribution in [0.1, 0.15) is 53.3 Å². The van der Waals surface area contributed by atoms with Crippen LogP contribution < -0.4 is 41.9 Å². The molecule has 0 saturated carbocycles. The van der Waals surface area contributed by atoms with Crippen molar-refractivity contribution in [1.29, 1.82) is 0 Å². The van der Waals surface area contributed by atoms with Crippen molar-refractivity contribution in [3.8, 4) is 0 Å². The minimum atomic E-state index is -1.69.